The molecule has 1 amide bonds. The van der Waals surface area contributed by atoms with E-state index in [1.807, 2.05) is 10.3 Å². The standard InChI is InChI=1S/C16H21N5OS.ClH/c17-12-3-6-21(9-12)16(22)11-2-1-5-20(8-11)14-13-4-7-23-15(13)19-10-18-14;/h4,7,10-12H,1-3,5-6,8-9,17H2;1H/t11?,12-;/m1./s1. The van der Waals surface area contributed by atoms with E-state index in [1.165, 1.54) is 0 Å². The first kappa shape index (κ1) is 17.4. The summed E-state index contributed by atoms with van der Waals surface area (Å²) < 4.78 is 0. The highest BCUT2D eigenvalue weighted by Gasteiger charge is 2.33. The summed E-state index contributed by atoms with van der Waals surface area (Å²) in [6, 6.07) is 2.21. The lowest BCUT2D eigenvalue weighted by Gasteiger charge is -2.34. The minimum Gasteiger partial charge on any atom is -0.355 e. The van der Waals surface area contributed by atoms with Gasteiger partial charge in [0.2, 0.25) is 5.91 Å². The molecule has 6 nitrogen and oxygen atoms in total. The van der Waals surface area contributed by atoms with E-state index >= 15 is 0 Å². The van der Waals surface area contributed by atoms with E-state index in [0.29, 0.717) is 6.54 Å². The molecule has 4 heterocycles. The van der Waals surface area contributed by atoms with Gasteiger partial charge < -0.3 is 15.5 Å². The maximum atomic E-state index is 12.7. The van der Waals surface area contributed by atoms with Gasteiger partial charge in [-0.1, -0.05) is 0 Å². The number of halogens is 1. The number of hydrogen-bond donors (Lipinski definition) is 1. The second kappa shape index (κ2) is 7.21. The third-order valence-electron chi connectivity index (χ3n) is 4.85. The molecule has 2 fully saturated rings. The number of hydrogen-bond acceptors (Lipinski definition) is 6. The molecular formula is C16H22ClN5OS. The van der Waals surface area contributed by atoms with Crippen LogP contribution in [0.3, 0.4) is 0 Å². The monoisotopic (exact) mass is 367 g/mol. The zero-order valence-electron chi connectivity index (χ0n) is 13.4. The number of carbonyl (C=O) groups excluding carboxylic acids is 1. The molecule has 2 aromatic rings. The number of nitrogens with zero attached hydrogens (tertiary/aromatic N) is 4. The summed E-state index contributed by atoms with van der Waals surface area (Å²) in [6.45, 7) is 3.20. The minimum atomic E-state index is 0. The van der Waals surface area contributed by atoms with Crippen LogP contribution in [0.2, 0.25) is 0 Å². The molecule has 0 saturated carbocycles. The highest BCUT2D eigenvalue weighted by molar-refractivity contribution is 7.16. The fraction of sp³-hybridized carbons (Fsp3) is 0.562. The first-order valence-corrected chi connectivity index (χ1v) is 9.08. The summed E-state index contributed by atoms with van der Waals surface area (Å²) in [5.74, 6) is 1.28. The minimum absolute atomic E-state index is 0. The fourth-order valence-corrected chi connectivity index (χ4v) is 4.37. The van der Waals surface area contributed by atoms with Gasteiger partial charge in [-0.25, -0.2) is 9.97 Å². The van der Waals surface area contributed by atoms with Crippen LogP contribution >= 0.6 is 23.7 Å². The average molecular weight is 368 g/mol. The Morgan fingerprint density at radius 3 is 2.92 bits per heavy atom. The van der Waals surface area contributed by atoms with Crippen molar-refractivity contribution in [3.05, 3.63) is 17.8 Å². The number of nitrogens with two attached hydrogens (primary N) is 1. The summed E-state index contributed by atoms with van der Waals surface area (Å²) in [7, 11) is 0. The smallest absolute Gasteiger partial charge is 0.227 e. The van der Waals surface area contributed by atoms with Crippen molar-refractivity contribution in [2.75, 3.05) is 31.1 Å². The Morgan fingerprint density at radius 1 is 1.25 bits per heavy atom. The number of piperidine rings is 1. The molecule has 0 aliphatic carbocycles. The van der Waals surface area contributed by atoms with Crippen molar-refractivity contribution in [2.24, 2.45) is 11.7 Å². The molecule has 0 spiro atoms. The number of thiophene rings is 1. The Bertz CT molecular complexity index is 723. The molecule has 0 radical (unpaired) electrons. The molecule has 8 heteroatoms. The number of aromatic nitrogens is 2. The highest BCUT2D eigenvalue weighted by atomic mass is 35.5. The van der Waals surface area contributed by atoms with Crippen LogP contribution in [0.15, 0.2) is 17.8 Å². The highest BCUT2D eigenvalue weighted by Crippen LogP contribution is 2.30. The summed E-state index contributed by atoms with van der Waals surface area (Å²) >= 11 is 1.63. The summed E-state index contributed by atoms with van der Waals surface area (Å²) in [5.41, 5.74) is 5.94. The molecule has 4 rings (SSSR count). The molecule has 2 aliphatic rings. The van der Waals surface area contributed by atoms with Crippen LogP contribution in [0.5, 0.6) is 0 Å². The number of anilines is 1. The van der Waals surface area contributed by atoms with Crippen LogP contribution in [0.25, 0.3) is 10.2 Å². The Kier molecular flexibility index (Phi) is 5.22. The lowest BCUT2D eigenvalue weighted by Crippen LogP contribution is -2.45. The van der Waals surface area contributed by atoms with Gasteiger partial charge >= 0.3 is 0 Å². The molecule has 2 aliphatic heterocycles. The third kappa shape index (κ3) is 3.20. The predicted molar refractivity (Wildman–Crippen MR) is 98.8 cm³/mol. The Morgan fingerprint density at radius 2 is 2.12 bits per heavy atom. The normalized spacial score (nSPS) is 24.2. The third-order valence-corrected chi connectivity index (χ3v) is 5.67. The summed E-state index contributed by atoms with van der Waals surface area (Å²) in [5, 5.41) is 3.13. The number of likely N-dealkylation sites (tertiary alicyclic amines) is 1. The Balaban J connectivity index is 0.00000169. The van der Waals surface area contributed by atoms with Gasteiger partial charge in [-0.3, -0.25) is 4.79 Å². The van der Waals surface area contributed by atoms with Gasteiger partial charge in [-0.05, 0) is 30.7 Å². The zero-order valence-corrected chi connectivity index (χ0v) is 15.1. The second-order valence-corrected chi connectivity index (χ2v) is 7.35. The van der Waals surface area contributed by atoms with E-state index in [1.54, 1.807) is 17.7 Å². The Hall–Kier alpha value is -1.44. The number of fused-ring (bicyclic) bond motifs is 1. The molecule has 130 valence electrons. The molecule has 2 saturated heterocycles. The first-order chi connectivity index (χ1) is 11.2. The van der Waals surface area contributed by atoms with E-state index in [9.17, 15) is 4.79 Å². The van der Waals surface area contributed by atoms with E-state index < -0.39 is 0 Å². The molecule has 2 N–H and O–H groups in total. The predicted octanol–water partition coefficient (Wildman–Crippen LogP) is 1.89. The van der Waals surface area contributed by atoms with Gasteiger partial charge in [0, 0.05) is 32.2 Å². The topological polar surface area (TPSA) is 75.3 Å². The second-order valence-electron chi connectivity index (χ2n) is 6.45. The van der Waals surface area contributed by atoms with Crippen molar-refractivity contribution >= 4 is 45.7 Å². The van der Waals surface area contributed by atoms with Crippen LogP contribution in [-0.4, -0.2) is 53.0 Å². The SMILES string of the molecule is Cl.N[C@@H]1CCN(C(=O)C2CCCN(c3ncnc4sccc34)C2)C1. The molecule has 2 aromatic heterocycles. The van der Waals surface area contributed by atoms with Gasteiger partial charge in [-0.2, -0.15) is 0 Å². The first-order valence-electron chi connectivity index (χ1n) is 8.20. The van der Waals surface area contributed by atoms with Crippen LogP contribution < -0.4 is 10.6 Å². The maximum absolute atomic E-state index is 12.7. The number of carbonyl (C=O) groups is 1. The summed E-state index contributed by atoms with van der Waals surface area (Å²) in [6.07, 6.45) is 4.52. The fourth-order valence-electron chi connectivity index (χ4n) is 3.65. The molecular weight excluding hydrogens is 346 g/mol. The van der Waals surface area contributed by atoms with E-state index in [0.717, 1.165) is 54.9 Å². The van der Waals surface area contributed by atoms with Gasteiger partial charge in [0.25, 0.3) is 0 Å². The molecule has 0 aromatic carbocycles. The van der Waals surface area contributed by atoms with E-state index in [2.05, 4.69) is 20.9 Å². The van der Waals surface area contributed by atoms with Crippen molar-refractivity contribution in [3.63, 3.8) is 0 Å². The van der Waals surface area contributed by atoms with Gasteiger partial charge in [-0.15, -0.1) is 23.7 Å². The van der Waals surface area contributed by atoms with Crippen molar-refractivity contribution in [1.29, 1.82) is 0 Å². The molecule has 0 bridgehead atoms. The van der Waals surface area contributed by atoms with Crippen molar-refractivity contribution in [1.82, 2.24) is 14.9 Å². The zero-order chi connectivity index (χ0) is 15.8. The van der Waals surface area contributed by atoms with Gasteiger partial charge in [0.15, 0.2) is 0 Å². The van der Waals surface area contributed by atoms with Gasteiger partial charge in [0.1, 0.15) is 17.0 Å². The quantitative estimate of drug-likeness (QED) is 0.877. The molecule has 2 atom stereocenters. The lowest BCUT2D eigenvalue weighted by molar-refractivity contribution is -0.134. The van der Waals surface area contributed by atoms with Crippen LogP contribution in [-0.2, 0) is 4.79 Å². The number of rotatable bonds is 2. The van der Waals surface area contributed by atoms with Crippen LogP contribution in [0, 0.1) is 5.92 Å². The van der Waals surface area contributed by atoms with Crippen molar-refractivity contribution in [3.8, 4) is 0 Å². The maximum Gasteiger partial charge on any atom is 0.227 e. The largest absolute Gasteiger partial charge is 0.355 e. The van der Waals surface area contributed by atoms with Crippen LogP contribution in [0.1, 0.15) is 19.3 Å². The Labute approximate surface area is 151 Å². The van der Waals surface area contributed by atoms with Gasteiger partial charge in [0.05, 0.1) is 11.3 Å². The lowest BCUT2D eigenvalue weighted by atomic mass is 9.96. The van der Waals surface area contributed by atoms with E-state index in [4.69, 9.17) is 5.73 Å². The van der Waals surface area contributed by atoms with Crippen LogP contribution in [0.4, 0.5) is 5.82 Å². The number of amides is 1. The van der Waals surface area contributed by atoms with E-state index in [-0.39, 0.29) is 30.3 Å². The van der Waals surface area contributed by atoms with Crippen molar-refractivity contribution in [2.45, 2.75) is 25.3 Å². The van der Waals surface area contributed by atoms with Crippen molar-refractivity contribution < 1.29 is 4.79 Å². The summed E-state index contributed by atoms with van der Waals surface area (Å²) in [4.78, 5) is 26.7. The average Bonchev–Trinajstić information content (AvgIpc) is 3.22. The molecule has 1 unspecified atom stereocenters. The molecule has 24 heavy (non-hydrogen) atoms.